The van der Waals surface area contributed by atoms with Gasteiger partial charge in [-0.05, 0) is 49.1 Å². The Hall–Kier alpha value is -2.55. The van der Waals surface area contributed by atoms with E-state index >= 15 is 0 Å². The van der Waals surface area contributed by atoms with Crippen molar-refractivity contribution in [2.24, 2.45) is 5.41 Å². The number of H-pyrrole nitrogens is 1. The number of rotatable bonds is 5. The van der Waals surface area contributed by atoms with E-state index in [-0.39, 0.29) is 6.10 Å². The molecule has 0 bridgehead atoms. The lowest BCUT2D eigenvalue weighted by atomic mass is 9.87. The number of aromatic nitrogens is 5. The molecule has 6 rings (SSSR count). The maximum absolute atomic E-state index is 6.31. The fraction of sp³-hybridized carbons (Fsp3) is 0.360. The molecule has 180 valence electrons. The molecule has 0 radical (unpaired) electrons. The smallest absolute Gasteiger partial charge is 0.225 e. The number of fused-ring (bicyclic) bond motifs is 1. The average Bonchev–Trinajstić information content (AvgIpc) is 3.60. The first-order chi connectivity index (χ1) is 17.0. The van der Waals surface area contributed by atoms with Crippen LogP contribution in [0.2, 0.25) is 10.0 Å². The third kappa shape index (κ3) is 4.32. The Morgan fingerprint density at radius 2 is 1.91 bits per heavy atom. The van der Waals surface area contributed by atoms with Crippen LogP contribution in [0.4, 0.5) is 5.95 Å². The molecule has 5 heterocycles. The monoisotopic (exact) mass is 526 g/mol. The molecule has 2 aliphatic heterocycles. The van der Waals surface area contributed by atoms with Crippen molar-refractivity contribution in [1.82, 2.24) is 25.1 Å². The van der Waals surface area contributed by atoms with Crippen LogP contribution in [0.15, 0.2) is 43.0 Å². The molecule has 0 amide bonds. The molecule has 2 saturated heterocycles. The van der Waals surface area contributed by atoms with Crippen molar-refractivity contribution in [3.05, 3.63) is 58.6 Å². The van der Waals surface area contributed by atoms with Crippen LogP contribution in [-0.2, 0) is 0 Å². The van der Waals surface area contributed by atoms with Gasteiger partial charge in [0.2, 0.25) is 5.95 Å². The number of aromatic amines is 1. The molecule has 2 atom stereocenters. The van der Waals surface area contributed by atoms with E-state index in [0.717, 1.165) is 41.2 Å². The second-order valence-electron chi connectivity index (χ2n) is 9.30. The van der Waals surface area contributed by atoms with Gasteiger partial charge in [0.25, 0.3) is 0 Å². The SMILES string of the molecule is C[C@@H](Oc1ccc2[nH]nc(-c3cnc(N4CCC5(CCSC5)C4)nc3)c2c1)c1c(Cl)cncc1Cl. The van der Waals surface area contributed by atoms with E-state index in [1.54, 1.807) is 12.4 Å². The topological polar surface area (TPSA) is 79.8 Å². The van der Waals surface area contributed by atoms with E-state index in [1.165, 1.54) is 24.3 Å². The number of halogens is 2. The van der Waals surface area contributed by atoms with Crippen molar-refractivity contribution in [3.63, 3.8) is 0 Å². The molecule has 0 aliphatic carbocycles. The van der Waals surface area contributed by atoms with Gasteiger partial charge in [0.05, 0.1) is 15.6 Å². The van der Waals surface area contributed by atoms with Gasteiger partial charge in [-0.3, -0.25) is 10.1 Å². The summed E-state index contributed by atoms with van der Waals surface area (Å²) in [4.78, 5) is 15.7. The van der Waals surface area contributed by atoms with Crippen LogP contribution in [0.3, 0.4) is 0 Å². The normalized spacial score (nSPS) is 20.7. The predicted octanol–water partition coefficient (Wildman–Crippen LogP) is 6.20. The number of anilines is 1. The highest BCUT2D eigenvalue weighted by atomic mass is 35.5. The summed E-state index contributed by atoms with van der Waals surface area (Å²) in [5.74, 6) is 4.01. The Bertz CT molecular complexity index is 1350. The van der Waals surface area contributed by atoms with Crippen LogP contribution in [0.5, 0.6) is 5.75 Å². The number of pyridine rings is 1. The van der Waals surface area contributed by atoms with Crippen LogP contribution in [0.1, 0.15) is 31.4 Å². The van der Waals surface area contributed by atoms with Gasteiger partial charge < -0.3 is 9.64 Å². The Kier molecular flexibility index (Phi) is 5.98. The number of nitrogens with one attached hydrogen (secondary N) is 1. The average molecular weight is 527 g/mol. The van der Waals surface area contributed by atoms with Crippen molar-refractivity contribution in [2.75, 3.05) is 29.5 Å². The van der Waals surface area contributed by atoms with Crippen LogP contribution in [-0.4, -0.2) is 49.7 Å². The quantitative estimate of drug-likeness (QED) is 0.331. The van der Waals surface area contributed by atoms with Crippen molar-refractivity contribution < 1.29 is 4.74 Å². The summed E-state index contributed by atoms with van der Waals surface area (Å²) in [6.07, 6.45) is 9.03. The lowest BCUT2D eigenvalue weighted by Crippen LogP contribution is -2.28. The van der Waals surface area contributed by atoms with Crippen molar-refractivity contribution in [3.8, 4) is 17.0 Å². The van der Waals surface area contributed by atoms with E-state index in [2.05, 4.69) is 31.8 Å². The number of benzene rings is 1. The van der Waals surface area contributed by atoms with Gasteiger partial charge in [0, 0.05) is 60.1 Å². The van der Waals surface area contributed by atoms with Gasteiger partial charge in [-0.1, -0.05) is 23.2 Å². The predicted molar refractivity (Wildman–Crippen MR) is 142 cm³/mol. The lowest BCUT2D eigenvalue weighted by molar-refractivity contribution is 0.227. The van der Waals surface area contributed by atoms with Gasteiger partial charge in [-0.15, -0.1) is 0 Å². The maximum atomic E-state index is 6.31. The highest BCUT2D eigenvalue weighted by molar-refractivity contribution is 7.99. The highest BCUT2D eigenvalue weighted by Gasteiger charge is 2.41. The standard InChI is InChI=1S/C25H24Cl2N6OS/c1-15(22-19(26)11-28-12-20(22)27)34-17-2-3-21-18(8-17)23(32-31-21)16-9-29-24(30-10-16)33-6-4-25(13-33)5-7-35-14-25/h2-3,8-12,15H,4-7,13-14H2,1H3,(H,31,32)/t15-,25?/m1/s1. The number of nitrogens with zero attached hydrogens (tertiary/aromatic N) is 5. The van der Waals surface area contributed by atoms with Crippen molar-refractivity contribution in [2.45, 2.75) is 25.9 Å². The molecule has 1 unspecified atom stereocenters. The van der Waals surface area contributed by atoms with Crippen LogP contribution in [0, 0.1) is 5.41 Å². The molecule has 3 aromatic heterocycles. The Balaban J connectivity index is 1.24. The first-order valence-corrected chi connectivity index (χ1v) is 13.5. The maximum Gasteiger partial charge on any atom is 0.225 e. The molecule has 7 nitrogen and oxygen atoms in total. The van der Waals surface area contributed by atoms with E-state index in [9.17, 15) is 0 Å². The largest absolute Gasteiger partial charge is 0.486 e. The van der Waals surface area contributed by atoms with Gasteiger partial charge in [0.1, 0.15) is 17.5 Å². The van der Waals surface area contributed by atoms with E-state index in [1.807, 2.05) is 37.5 Å². The molecule has 1 spiro atoms. The van der Waals surface area contributed by atoms with E-state index in [0.29, 0.717) is 26.8 Å². The minimum absolute atomic E-state index is 0.351. The number of hydrogen-bond acceptors (Lipinski definition) is 7. The zero-order valence-electron chi connectivity index (χ0n) is 19.2. The summed E-state index contributed by atoms with van der Waals surface area (Å²) in [5, 5.41) is 9.51. The molecule has 4 aromatic rings. The molecule has 2 aliphatic rings. The molecular formula is C25H24Cl2N6OS. The summed E-state index contributed by atoms with van der Waals surface area (Å²) in [6, 6.07) is 5.81. The van der Waals surface area contributed by atoms with Gasteiger partial charge in [-0.2, -0.15) is 16.9 Å². The molecule has 35 heavy (non-hydrogen) atoms. The fourth-order valence-corrected chi connectivity index (χ4v) is 7.25. The molecule has 10 heteroatoms. The minimum atomic E-state index is -0.351. The first kappa shape index (κ1) is 22.9. The van der Waals surface area contributed by atoms with Gasteiger partial charge >= 0.3 is 0 Å². The summed E-state index contributed by atoms with van der Waals surface area (Å²) in [7, 11) is 0. The summed E-state index contributed by atoms with van der Waals surface area (Å²) in [6.45, 7) is 3.98. The Morgan fingerprint density at radius 3 is 2.66 bits per heavy atom. The Morgan fingerprint density at radius 1 is 1.11 bits per heavy atom. The number of thioether (sulfide) groups is 1. The lowest BCUT2D eigenvalue weighted by Gasteiger charge is -2.22. The Labute approximate surface area is 217 Å². The summed E-state index contributed by atoms with van der Waals surface area (Å²) in [5.41, 5.74) is 3.71. The molecule has 2 fully saturated rings. The third-order valence-electron chi connectivity index (χ3n) is 6.96. The molecule has 1 N–H and O–H groups in total. The van der Waals surface area contributed by atoms with Gasteiger partial charge in [-0.25, -0.2) is 9.97 Å². The highest BCUT2D eigenvalue weighted by Crippen LogP contribution is 2.44. The van der Waals surface area contributed by atoms with Crippen LogP contribution >= 0.6 is 35.0 Å². The molecule has 0 saturated carbocycles. The minimum Gasteiger partial charge on any atom is -0.486 e. The molecule has 1 aromatic carbocycles. The molecular weight excluding hydrogens is 503 g/mol. The van der Waals surface area contributed by atoms with Crippen LogP contribution < -0.4 is 9.64 Å². The first-order valence-electron chi connectivity index (χ1n) is 11.6. The third-order valence-corrected chi connectivity index (χ3v) is 8.87. The number of hydrogen-bond donors (Lipinski definition) is 1. The fourth-order valence-electron chi connectivity index (χ4n) is 5.04. The van der Waals surface area contributed by atoms with Crippen molar-refractivity contribution in [1.29, 1.82) is 0 Å². The number of ether oxygens (including phenoxy) is 1. The van der Waals surface area contributed by atoms with Gasteiger partial charge in [0.15, 0.2) is 0 Å². The second-order valence-corrected chi connectivity index (χ2v) is 11.2. The summed E-state index contributed by atoms with van der Waals surface area (Å²) < 4.78 is 6.18. The van der Waals surface area contributed by atoms with E-state index in [4.69, 9.17) is 37.9 Å². The zero-order chi connectivity index (χ0) is 24.0. The summed E-state index contributed by atoms with van der Waals surface area (Å²) >= 11 is 14.7. The van der Waals surface area contributed by atoms with Crippen molar-refractivity contribution >= 4 is 51.8 Å². The van der Waals surface area contributed by atoms with Crippen LogP contribution in [0.25, 0.3) is 22.2 Å². The van der Waals surface area contributed by atoms with E-state index < -0.39 is 0 Å². The zero-order valence-corrected chi connectivity index (χ0v) is 21.5. The second kappa shape index (κ2) is 9.15.